The molecule has 1 aliphatic heterocycles. The highest BCUT2D eigenvalue weighted by atomic mass is 16.1. The number of carbonyl (C=O) groups is 1. The van der Waals surface area contributed by atoms with E-state index < -0.39 is 0 Å². The number of hydrogen-bond acceptors (Lipinski definition) is 4. The number of rotatable bonds is 3. The molecule has 6 nitrogen and oxygen atoms in total. The van der Waals surface area contributed by atoms with Crippen LogP contribution in [0.15, 0.2) is 24.7 Å². The standard InChI is InChI=1S/C11H13N5O/c17-10-2-1-8(15-10)7-13-11-9-3-4-14-16(9)6-5-12-11/h3-6,8H,1-2,7H2,(H,12,13)(H,15,17). The number of aromatic nitrogens is 3. The van der Waals surface area contributed by atoms with Gasteiger partial charge in [0.2, 0.25) is 5.91 Å². The fourth-order valence-electron chi connectivity index (χ4n) is 2.04. The molecule has 0 saturated carbocycles. The minimum absolute atomic E-state index is 0.132. The summed E-state index contributed by atoms with van der Waals surface area (Å²) >= 11 is 0. The third kappa shape index (κ3) is 1.93. The summed E-state index contributed by atoms with van der Waals surface area (Å²) in [5.74, 6) is 0.929. The molecule has 3 rings (SSSR count). The summed E-state index contributed by atoms with van der Waals surface area (Å²) in [6.07, 6.45) is 6.75. The monoisotopic (exact) mass is 231 g/mol. The number of nitrogens with zero attached hydrogens (tertiary/aromatic N) is 3. The Morgan fingerprint density at radius 2 is 2.47 bits per heavy atom. The van der Waals surface area contributed by atoms with E-state index in [1.807, 2.05) is 6.07 Å². The van der Waals surface area contributed by atoms with Gasteiger partial charge in [-0.1, -0.05) is 0 Å². The van der Waals surface area contributed by atoms with E-state index in [1.54, 1.807) is 23.1 Å². The van der Waals surface area contributed by atoms with Crippen LogP contribution in [-0.2, 0) is 4.79 Å². The van der Waals surface area contributed by atoms with E-state index in [-0.39, 0.29) is 11.9 Å². The first kappa shape index (κ1) is 10.1. The van der Waals surface area contributed by atoms with Gasteiger partial charge in [0, 0.05) is 31.4 Å². The highest BCUT2D eigenvalue weighted by molar-refractivity contribution is 5.78. The maximum atomic E-state index is 11.1. The molecular formula is C11H13N5O. The molecule has 1 saturated heterocycles. The van der Waals surface area contributed by atoms with Crippen molar-refractivity contribution in [2.45, 2.75) is 18.9 Å². The first-order chi connectivity index (χ1) is 8.33. The molecule has 3 heterocycles. The van der Waals surface area contributed by atoms with Crippen LogP contribution in [0, 0.1) is 0 Å². The number of hydrogen-bond donors (Lipinski definition) is 2. The first-order valence-electron chi connectivity index (χ1n) is 5.64. The summed E-state index contributed by atoms with van der Waals surface area (Å²) < 4.78 is 1.77. The SMILES string of the molecule is O=C1CCC(CNc2nccn3nccc23)N1. The molecule has 0 bridgehead atoms. The van der Waals surface area contributed by atoms with Crippen LogP contribution in [0.1, 0.15) is 12.8 Å². The van der Waals surface area contributed by atoms with E-state index in [9.17, 15) is 4.79 Å². The first-order valence-corrected chi connectivity index (χ1v) is 5.64. The minimum atomic E-state index is 0.132. The molecule has 1 unspecified atom stereocenters. The third-order valence-electron chi connectivity index (χ3n) is 2.93. The number of fused-ring (bicyclic) bond motifs is 1. The van der Waals surface area contributed by atoms with E-state index in [0.29, 0.717) is 13.0 Å². The van der Waals surface area contributed by atoms with E-state index >= 15 is 0 Å². The summed E-state index contributed by atoms with van der Waals surface area (Å²) in [5, 5.41) is 10.3. The second kappa shape index (κ2) is 4.04. The Kier molecular flexibility index (Phi) is 2.40. The third-order valence-corrected chi connectivity index (χ3v) is 2.93. The Hall–Kier alpha value is -2.11. The Labute approximate surface area is 98.0 Å². The highest BCUT2D eigenvalue weighted by Crippen LogP contribution is 2.13. The molecule has 0 aromatic carbocycles. The zero-order valence-electron chi connectivity index (χ0n) is 9.26. The van der Waals surface area contributed by atoms with Gasteiger partial charge in [-0.2, -0.15) is 5.10 Å². The van der Waals surface area contributed by atoms with Crippen LogP contribution in [0.3, 0.4) is 0 Å². The summed E-state index contributed by atoms with van der Waals surface area (Å²) in [7, 11) is 0. The van der Waals surface area contributed by atoms with E-state index in [2.05, 4.69) is 20.7 Å². The molecule has 88 valence electrons. The average molecular weight is 231 g/mol. The van der Waals surface area contributed by atoms with Crippen molar-refractivity contribution in [2.24, 2.45) is 0 Å². The maximum absolute atomic E-state index is 11.1. The molecule has 1 amide bonds. The van der Waals surface area contributed by atoms with Crippen LogP contribution in [0.2, 0.25) is 0 Å². The predicted molar refractivity (Wildman–Crippen MR) is 62.6 cm³/mol. The van der Waals surface area contributed by atoms with Gasteiger partial charge in [0.1, 0.15) is 5.52 Å². The van der Waals surface area contributed by atoms with Crippen molar-refractivity contribution in [2.75, 3.05) is 11.9 Å². The molecule has 2 aromatic heterocycles. The van der Waals surface area contributed by atoms with Gasteiger partial charge in [0.05, 0.1) is 6.20 Å². The van der Waals surface area contributed by atoms with E-state index in [4.69, 9.17) is 0 Å². The van der Waals surface area contributed by atoms with Gasteiger partial charge in [0.15, 0.2) is 5.82 Å². The zero-order chi connectivity index (χ0) is 11.7. The lowest BCUT2D eigenvalue weighted by atomic mass is 10.2. The van der Waals surface area contributed by atoms with Crippen molar-refractivity contribution >= 4 is 17.2 Å². The minimum Gasteiger partial charge on any atom is -0.366 e. The molecule has 0 spiro atoms. The van der Waals surface area contributed by atoms with Gasteiger partial charge < -0.3 is 10.6 Å². The molecule has 6 heteroatoms. The normalized spacial score (nSPS) is 19.5. The molecule has 2 aromatic rings. The summed E-state index contributed by atoms with van der Waals surface area (Å²) in [4.78, 5) is 15.3. The quantitative estimate of drug-likeness (QED) is 0.803. The molecule has 2 N–H and O–H groups in total. The van der Waals surface area contributed by atoms with Crippen LogP contribution >= 0.6 is 0 Å². The van der Waals surface area contributed by atoms with Crippen molar-refractivity contribution < 1.29 is 4.79 Å². The second-order valence-electron chi connectivity index (χ2n) is 4.12. The van der Waals surface area contributed by atoms with Gasteiger partial charge in [-0.05, 0) is 12.5 Å². The summed E-state index contributed by atoms with van der Waals surface area (Å²) in [6, 6.07) is 2.11. The Morgan fingerprint density at radius 3 is 3.29 bits per heavy atom. The molecule has 1 fully saturated rings. The highest BCUT2D eigenvalue weighted by Gasteiger charge is 2.20. The van der Waals surface area contributed by atoms with Crippen molar-refractivity contribution in [3.8, 4) is 0 Å². The van der Waals surface area contributed by atoms with Crippen LogP contribution in [-0.4, -0.2) is 33.1 Å². The lowest BCUT2D eigenvalue weighted by Crippen LogP contribution is -2.32. The van der Waals surface area contributed by atoms with Crippen LogP contribution in [0.5, 0.6) is 0 Å². The van der Waals surface area contributed by atoms with Gasteiger partial charge in [-0.3, -0.25) is 4.79 Å². The number of amides is 1. The van der Waals surface area contributed by atoms with Gasteiger partial charge in [-0.15, -0.1) is 0 Å². The number of anilines is 1. The molecule has 0 radical (unpaired) electrons. The van der Waals surface area contributed by atoms with E-state index in [0.717, 1.165) is 17.8 Å². The van der Waals surface area contributed by atoms with Crippen LogP contribution in [0.4, 0.5) is 5.82 Å². The lowest BCUT2D eigenvalue weighted by Gasteiger charge is -2.12. The molecule has 1 aliphatic rings. The van der Waals surface area contributed by atoms with Gasteiger partial charge in [0.25, 0.3) is 0 Å². The van der Waals surface area contributed by atoms with Crippen LogP contribution < -0.4 is 10.6 Å². The lowest BCUT2D eigenvalue weighted by molar-refractivity contribution is -0.119. The smallest absolute Gasteiger partial charge is 0.220 e. The molecule has 17 heavy (non-hydrogen) atoms. The van der Waals surface area contributed by atoms with Gasteiger partial charge >= 0.3 is 0 Å². The van der Waals surface area contributed by atoms with E-state index in [1.165, 1.54) is 0 Å². The maximum Gasteiger partial charge on any atom is 0.220 e. The average Bonchev–Trinajstić information content (AvgIpc) is 2.94. The van der Waals surface area contributed by atoms with Crippen molar-refractivity contribution in [1.82, 2.24) is 19.9 Å². The Bertz CT molecular complexity index is 550. The second-order valence-corrected chi connectivity index (χ2v) is 4.12. The summed E-state index contributed by atoms with van der Waals surface area (Å²) in [6.45, 7) is 0.698. The topological polar surface area (TPSA) is 71.3 Å². The van der Waals surface area contributed by atoms with Crippen molar-refractivity contribution in [3.05, 3.63) is 24.7 Å². The largest absolute Gasteiger partial charge is 0.366 e. The van der Waals surface area contributed by atoms with Crippen molar-refractivity contribution in [1.29, 1.82) is 0 Å². The Morgan fingerprint density at radius 1 is 1.53 bits per heavy atom. The summed E-state index contributed by atoms with van der Waals surface area (Å²) in [5.41, 5.74) is 0.942. The molecular weight excluding hydrogens is 218 g/mol. The Balaban J connectivity index is 1.72. The molecule has 1 atom stereocenters. The number of carbonyl (C=O) groups excluding carboxylic acids is 1. The fraction of sp³-hybridized carbons (Fsp3) is 0.364. The van der Waals surface area contributed by atoms with Gasteiger partial charge in [-0.25, -0.2) is 9.50 Å². The van der Waals surface area contributed by atoms with Crippen LogP contribution in [0.25, 0.3) is 5.52 Å². The molecule has 0 aliphatic carbocycles. The zero-order valence-corrected chi connectivity index (χ0v) is 9.26. The van der Waals surface area contributed by atoms with Crippen molar-refractivity contribution in [3.63, 3.8) is 0 Å². The predicted octanol–water partition coefficient (Wildman–Crippen LogP) is 0.420. The number of nitrogens with one attached hydrogen (secondary N) is 2. The fourth-order valence-corrected chi connectivity index (χ4v) is 2.04.